The topological polar surface area (TPSA) is 55.3 Å². The molecule has 0 unspecified atom stereocenters. The summed E-state index contributed by atoms with van der Waals surface area (Å²) in [5.41, 5.74) is 12.3. The summed E-state index contributed by atoms with van der Waals surface area (Å²) >= 11 is 4.70. The fraction of sp³-hybridized carbons (Fsp3) is 0.143. The lowest BCUT2D eigenvalue weighted by molar-refractivity contribution is 0.964. The van der Waals surface area contributed by atoms with Gasteiger partial charge in [0.1, 0.15) is 0 Å². The minimum Gasteiger partial charge on any atom is -0.375 e. The summed E-state index contributed by atoms with van der Waals surface area (Å²) in [5.74, 6) is 0. The average Bonchev–Trinajstić information content (AvgIpc) is 2.65. The van der Waals surface area contributed by atoms with Crippen molar-refractivity contribution in [2.75, 3.05) is 0 Å². The van der Waals surface area contributed by atoms with Gasteiger partial charge in [0.25, 0.3) is 0 Å². The van der Waals surface area contributed by atoms with E-state index >= 15 is 0 Å². The Kier molecular flexibility index (Phi) is 3.97. The highest BCUT2D eigenvalue weighted by molar-refractivity contribution is 7.80. The summed E-state index contributed by atoms with van der Waals surface area (Å²) in [7, 11) is 0. The van der Waals surface area contributed by atoms with E-state index in [1.807, 2.05) is 18.2 Å². The van der Waals surface area contributed by atoms with Gasteiger partial charge < -0.3 is 10.3 Å². The number of hydrogen-bond acceptors (Lipinski definition) is 2. The highest BCUT2D eigenvalue weighted by atomic mass is 32.1. The number of para-hydroxylation sites is 1. The van der Waals surface area contributed by atoms with Gasteiger partial charge >= 0.3 is 0 Å². The smallest absolute Gasteiger partial charge is 0.184 e. The van der Waals surface area contributed by atoms with Crippen molar-refractivity contribution >= 4 is 23.5 Å². The molecule has 0 spiro atoms. The second kappa shape index (κ2) is 5.67. The maximum atomic E-state index is 5.32. The molecule has 1 aromatic heterocycles. The highest BCUT2D eigenvalue weighted by Gasteiger charge is 2.08. The van der Waals surface area contributed by atoms with Gasteiger partial charge in [-0.25, -0.2) is 0 Å². The Bertz CT molecular complexity index is 614. The standard InChI is InChI=1S/C14H16N4S/c1-10-8-12(9-16-17-14(15)19)11(2)18(10)13-6-4-3-5-7-13/h3-9H,1-2H3,(H3,15,17,19). The molecule has 2 rings (SSSR count). The summed E-state index contributed by atoms with van der Waals surface area (Å²) in [6, 6.07) is 12.3. The van der Waals surface area contributed by atoms with Crippen LogP contribution in [0.5, 0.6) is 0 Å². The first kappa shape index (κ1) is 13.3. The van der Waals surface area contributed by atoms with E-state index in [1.165, 1.54) is 0 Å². The van der Waals surface area contributed by atoms with Crippen molar-refractivity contribution in [2.24, 2.45) is 10.8 Å². The highest BCUT2D eigenvalue weighted by Crippen LogP contribution is 2.19. The molecule has 98 valence electrons. The monoisotopic (exact) mass is 272 g/mol. The Morgan fingerprint density at radius 1 is 1.32 bits per heavy atom. The maximum Gasteiger partial charge on any atom is 0.184 e. The molecule has 19 heavy (non-hydrogen) atoms. The fourth-order valence-electron chi connectivity index (χ4n) is 2.06. The van der Waals surface area contributed by atoms with Crippen LogP contribution in [0.4, 0.5) is 0 Å². The predicted octanol–water partition coefficient (Wildman–Crippen LogP) is 2.26. The first-order chi connectivity index (χ1) is 9.09. The van der Waals surface area contributed by atoms with Crippen LogP contribution in [0.2, 0.25) is 0 Å². The fourth-order valence-corrected chi connectivity index (χ4v) is 2.11. The minimum atomic E-state index is 0.160. The second-order valence-corrected chi connectivity index (χ2v) is 4.67. The number of thiocarbonyl (C=S) groups is 1. The molecular formula is C14H16N4S. The Morgan fingerprint density at radius 3 is 2.63 bits per heavy atom. The van der Waals surface area contributed by atoms with Gasteiger partial charge in [-0.3, -0.25) is 5.43 Å². The molecule has 4 nitrogen and oxygen atoms in total. The molecule has 0 amide bonds. The Balaban J connectivity index is 2.35. The van der Waals surface area contributed by atoms with Crippen LogP contribution in [0.3, 0.4) is 0 Å². The maximum absolute atomic E-state index is 5.32. The van der Waals surface area contributed by atoms with E-state index in [4.69, 9.17) is 18.0 Å². The summed E-state index contributed by atoms with van der Waals surface area (Å²) in [5, 5.41) is 4.16. The molecule has 2 aromatic rings. The Labute approximate surface area is 117 Å². The molecule has 0 aliphatic heterocycles. The van der Waals surface area contributed by atoms with Crippen molar-refractivity contribution in [3.05, 3.63) is 53.3 Å². The average molecular weight is 272 g/mol. The molecule has 3 N–H and O–H groups in total. The molecule has 0 atom stereocenters. The lowest BCUT2D eigenvalue weighted by Crippen LogP contribution is -2.24. The Morgan fingerprint density at radius 2 is 2.00 bits per heavy atom. The van der Waals surface area contributed by atoms with Gasteiger partial charge in [0, 0.05) is 22.6 Å². The van der Waals surface area contributed by atoms with Gasteiger partial charge in [-0.2, -0.15) is 5.10 Å². The van der Waals surface area contributed by atoms with Crippen molar-refractivity contribution in [3.8, 4) is 5.69 Å². The molecule has 0 fully saturated rings. The zero-order chi connectivity index (χ0) is 13.8. The largest absolute Gasteiger partial charge is 0.375 e. The zero-order valence-electron chi connectivity index (χ0n) is 10.9. The van der Waals surface area contributed by atoms with E-state index in [0.29, 0.717) is 0 Å². The van der Waals surface area contributed by atoms with Crippen LogP contribution in [0.25, 0.3) is 5.69 Å². The lowest BCUT2D eigenvalue weighted by atomic mass is 10.2. The van der Waals surface area contributed by atoms with Crippen molar-refractivity contribution < 1.29 is 0 Å². The summed E-state index contributed by atoms with van der Waals surface area (Å²) in [4.78, 5) is 0. The number of aryl methyl sites for hydroxylation is 1. The first-order valence-corrected chi connectivity index (χ1v) is 6.33. The van der Waals surface area contributed by atoms with Gasteiger partial charge in [0.15, 0.2) is 5.11 Å². The third-order valence-corrected chi connectivity index (χ3v) is 2.95. The number of aromatic nitrogens is 1. The third-order valence-electron chi connectivity index (χ3n) is 2.86. The number of nitrogens with two attached hydrogens (primary N) is 1. The van der Waals surface area contributed by atoms with Crippen LogP contribution in [-0.2, 0) is 0 Å². The number of hydrogen-bond donors (Lipinski definition) is 2. The van der Waals surface area contributed by atoms with Crippen LogP contribution in [-0.4, -0.2) is 15.9 Å². The van der Waals surface area contributed by atoms with E-state index < -0.39 is 0 Å². The SMILES string of the molecule is Cc1cc(C=NNC(N)=S)c(C)n1-c1ccccc1. The van der Waals surface area contributed by atoms with Crippen molar-refractivity contribution in [3.63, 3.8) is 0 Å². The molecule has 1 heterocycles. The molecule has 0 saturated carbocycles. The first-order valence-electron chi connectivity index (χ1n) is 5.92. The summed E-state index contributed by atoms with van der Waals surface area (Å²) in [6.45, 7) is 4.13. The van der Waals surface area contributed by atoms with E-state index in [1.54, 1.807) is 6.21 Å². The minimum absolute atomic E-state index is 0.160. The predicted molar refractivity (Wildman–Crippen MR) is 82.8 cm³/mol. The zero-order valence-corrected chi connectivity index (χ0v) is 11.7. The summed E-state index contributed by atoms with van der Waals surface area (Å²) < 4.78 is 2.18. The number of nitrogens with one attached hydrogen (secondary N) is 1. The quantitative estimate of drug-likeness (QED) is 0.512. The molecule has 1 aromatic carbocycles. The molecule has 0 saturated heterocycles. The van der Waals surface area contributed by atoms with Crippen molar-refractivity contribution in [2.45, 2.75) is 13.8 Å². The number of benzene rings is 1. The van der Waals surface area contributed by atoms with Crippen molar-refractivity contribution in [1.82, 2.24) is 9.99 Å². The van der Waals surface area contributed by atoms with E-state index in [2.05, 4.69) is 47.1 Å². The lowest BCUT2D eigenvalue weighted by Gasteiger charge is -2.08. The van der Waals surface area contributed by atoms with E-state index in [9.17, 15) is 0 Å². The van der Waals surface area contributed by atoms with Gasteiger partial charge in [0.05, 0.1) is 6.21 Å². The van der Waals surface area contributed by atoms with Gasteiger partial charge in [-0.15, -0.1) is 0 Å². The molecule has 0 bridgehead atoms. The summed E-state index contributed by atoms with van der Waals surface area (Å²) in [6.07, 6.45) is 1.72. The number of hydrazone groups is 1. The van der Waals surface area contributed by atoms with Crippen molar-refractivity contribution in [1.29, 1.82) is 0 Å². The molecule has 0 aliphatic carbocycles. The van der Waals surface area contributed by atoms with Crippen LogP contribution in [0.15, 0.2) is 41.5 Å². The Hall–Kier alpha value is -2.14. The van der Waals surface area contributed by atoms with Crippen LogP contribution >= 0.6 is 12.2 Å². The molecule has 0 radical (unpaired) electrons. The van der Waals surface area contributed by atoms with Gasteiger partial charge in [0.2, 0.25) is 0 Å². The molecule has 0 aliphatic rings. The van der Waals surface area contributed by atoms with E-state index in [-0.39, 0.29) is 5.11 Å². The van der Waals surface area contributed by atoms with Gasteiger partial charge in [-0.05, 0) is 44.3 Å². The van der Waals surface area contributed by atoms with Crippen LogP contribution in [0, 0.1) is 13.8 Å². The van der Waals surface area contributed by atoms with Gasteiger partial charge in [-0.1, -0.05) is 18.2 Å². The van der Waals surface area contributed by atoms with Crippen LogP contribution < -0.4 is 11.2 Å². The van der Waals surface area contributed by atoms with E-state index in [0.717, 1.165) is 22.6 Å². The number of nitrogens with zero attached hydrogens (tertiary/aromatic N) is 2. The third kappa shape index (κ3) is 3.00. The van der Waals surface area contributed by atoms with Crippen LogP contribution in [0.1, 0.15) is 17.0 Å². The molecular weight excluding hydrogens is 256 g/mol. The normalized spacial score (nSPS) is 10.8. The number of rotatable bonds is 3. The second-order valence-electron chi connectivity index (χ2n) is 4.23. The molecule has 5 heteroatoms.